The topological polar surface area (TPSA) is 97.0 Å². The van der Waals surface area contributed by atoms with Gasteiger partial charge < -0.3 is 9.47 Å². The molecule has 0 N–H and O–H groups in total. The molecular weight excluding hydrogens is 396 g/mol. The average Bonchev–Trinajstić information content (AvgIpc) is 3.22. The molecule has 4 aromatic rings. The first-order valence-electron chi connectivity index (χ1n) is 10.2. The van der Waals surface area contributed by atoms with Crippen molar-refractivity contribution in [3.8, 4) is 11.8 Å². The molecule has 0 unspecified atom stereocenters. The largest absolute Gasteiger partial charge is 0.479 e. The predicted molar refractivity (Wildman–Crippen MR) is 112 cm³/mol. The number of benzene rings is 1. The Morgan fingerprint density at radius 1 is 1.13 bits per heavy atom. The molecule has 1 saturated carbocycles. The summed E-state index contributed by atoms with van der Waals surface area (Å²) in [5.74, 6) is 0.267. The van der Waals surface area contributed by atoms with Crippen molar-refractivity contribution >= 4 is 17.0 Å². The summed E-state index contributed by atoms with van der Waals surface area (Å²) in [7, 11) is 1.57. The maximum atomic E-state index is 11.9. The van der Waals surface area contributed by atoms with Crippen LogP contribution in [0.5, 0.6) is 5.88 Å². The van der Waals surface area contributed by atoms with Crippen LogP contribution in [0.25, 0.3) is 17.0 Å². The van der Waals surface area contributed by atoms with E-state index in [1.807, 2.05) is 10.7 Å². The molecule has 3 aromatic heterocycles. The summed E-state index contributed by atoms with van der Waals surface area (Å²) >= 11 is 0. The van der Waals surface area contributed by atoms with Crippen molar-refractivity contribution in [3.63, 3.8) is 0 Å². The number of aromatic nitrogens is 6. The fourth-order valence-electron chi connectivity index (χ4n) is 3.84. The van der Waals surface area contributed by atoms with Gasteiger partial charge >= 0.3 is 5.97 Å². The number of carbonyl (C=O) groups excluding carboxylic acids is 1. The molecule has 0 bridgehead atoms. The van der Waals surface area contributed by atoms with E-state index < -0.39 is 5.97 Å². The minimum absolute atomic E-state index is 0.0837. The maximum Gasteiger partial charge on any atom is 0.341 e. The summed E-state index contributed by atoms with van der Waals surface area (Å²) in [5, 5.41) is 8.77. The molecular formula is C22H22N6O3. The van der Waals surface area contributed by atoms with Gasteiger partial charge in [-0.15, -0.1) is 0 Å². The van der Waals surface area contributed by atoms with Crippen molar-refractivity contribution in [1.82, 2.24) is 29.5 Å². The van der Waals surface area contributed by atoms with Crippen LogP contribution in [-0.4, -0.2) is 49.2 Å². The molecule has 0 aliphatic heterocycles. The molecule has 0 saturated heterocycles. The van der Waals surface area contributed by atoms with E-state index in [0.29, 0.717) is 29.5 Å². The predicted octanol–water partition coefficient (Wildman–Crippen LogP) is 2.93. The molecule has 3 heterocycles. The van der Waals surface area contributed by atoms with E-state index in [2.05, 4.69) is 44.4 Å². The molecule has 9 heteroatoms. The summed E-state index contributed by atoms with van der Waals surface area (Å²) < 4.78 is 13.9. The highest BCUT2D eigenvalue weighted by molar-refractivity contribution is 5.88. The average molecular weight is 418 g/mol. The first kappa shape index (κ1) is 19.2. The molecule has 1 aliphatic rings. The zero-order chi connectivity index (χ0) is 21.4. The second-order valence-corrected chi connectivity index (χ2v) is 7.61. The van der Waals surface area contributed by atoms with Gasteiger partial charge in [0.05, 0.1) is 38.2 Å². The Bertz CT molecular complexity index is 1240. The van der Waals surface area contributed by atoms with Crippen LogP contribution in [0.4, 0.5) is 0 Å². The van der Waals surface area contributed by atoms with E-state index in [0.717, 1.165) is 24.9 Å². The van der Waals surface area contributed by atoms with Crippen molar-refractivity contribution in [3.05, 3.63) is 60.0 Å². The van der Waals surface area contributed by atoms with Crippen molar-refractivity contribution in [2.45, 2.75) is 31.7 Å². The van der Waals surface area contributed by atoms with E-state index in [-0.39, 0.29) is 5.41 Å². The van der Waals surface area contributed by atoms with Gasteiger partial charge in [-0.05, 0) is 25.3 Å². The molecule has 5 rings (SSSR count). The quantitative estimate of drug-likeness (QED) is 0.426. The maximum absolute atomic E-state index is 11.9. The van der Waals surface area contributed by atoms with Crippen LogP contribution in [0.1, 0.15) is 35.7 Å². The second-order valence-electron chi connectivity index (χ2n) is 7.61. The van der Waals surface area contributed by atoms with Crippen LogP contribution in [0.2, 0.25) is 0 Å². The third-order valence-corrected chi connectivity index (χ3v) is 5.63. The Morgan fingerprint density at radius 3 is 2.65 bits per heavy atom. The molecule has 0 amide bonds. The van der Waals surface area contributed by atoms with Gasteiger partial charge in [0.2, 0.25) is 5.88 Å². The highest BCUT2D eigenvalue weighted by Gasteiger charge is 2.45. The SMILES string of the molecule is CCOC(=O)c1cnn(-c2nc(OC)c3c(cnn3CC3(c4ccccc4)CC3)n2)c1. The third-order valence-electron chi connectivity index (χ3n) is 5.63. The first-order chi connectivity index (χ1) is 15.1. The molecule has 1 aromatic carbocycles. The van der Waals surface area contributed by atoms with Gasteiger partial charge in [0.25, 0.3) is 5.95 Å². The number of esters is 1. The minimum Gasteiger partial charge on any atom is -0.479 e. The lowest BCUT2D eigenvalue weighted by Gasteiger charge is -2.17. The van der Waals surface area contributed by atoms with Crippen LogP contribution in [0, 0.1) is 0 Å². The Kier molecular flexibility index (Phi) is 4.65. The number of ether oxygens (including phenoxy) is 2. The van der Waals surface area contributed by atoms with Gasteiger partial charge in [0.15, 0.2) is 0 Å². The number of rotatable bonds is 7. The van der Waals surface area contributed by atoms with Gasteiger partial charge in [-0.3, -0.25) is 4.68 Å². The number of carbonyl (C=O) groups is 1. The smallest absolute Gasteiger partial charge is 0.341 e. The van der Waals surface area contributed by atoms with E-state index in [1.165, 1.54) is 22.6 Å². The fourth-order valence-corrected chi connectivity index (χ4v) is 3.84. The van der Waals surface area contributed by atoms with E-state index >= 15 is 0 Å². The van der Waals surface area contributed by atoms with E-state index in [4.69, 9.17) is 9.47 Å². The highest BCUT2D eigenvalue weighted by Crippen LogP contribution is 2.49. The van der Waals surface area contributed by atoms with E-state index in [9.17, 15) is 4.79 Å². The number of methoxy groups -OCH3 is 1. The van der Waals surface area contributed by atoms with Gasteiger partial charge in [0, 0.05) is 11.6 Å². The van der Waals surface area contributed by atoms with Crippen molar-refractivity contribution in [2.24, 2.45) is 0 Å². The Labute approximate surface area is 178 Å². The number of hydrogen-bond acceptors (Lipinski definition) is 7. The van der Waals surface area contributed by atoms with Crippen LogP contribution in [0.3, 0.4) is 0 Å². The monoisotopic (exact) mass is 418 g/mol. The van der Waals surface area contributed by atoms with Crippen molar-refractivity contribution in [2.75, 3.05) is 13.7 Å². The van der Waals surface area contributed by atoms with Gasteiger partial charge in [0.1, 0.15) is 11.0 Å². The van der Waals surface area contributed by atoms with Crippen molar-refractivity contribution in [1.29, 1.82) is 0 Å². The van der Waals surface area contributed by atoms with E-state index in [1.54, 1.807) is 20.2 Å². The normalized spacial score (nSPS) is 14.5. The van der Waals surface area contributed by atoms with Crippen LogP contribution in [-0.2, 0) is 16.7 Å². The lowest BCUT2D eigenvalue weighted by Crippen LogP contribution is -2.17. The summed E-state index contributed by atoms with van der Waals surface area (Å²) in [6.07, 6.45) is 6.91. The first-order valence-corrected chi connectivity index (χ1v) is 10.2. The molecule has 9 nitrogen and oxygen atoms in total. The number of nitrogens with zero attached hydrogens (tertiary/aromatic N) is 6. The third kappa shape index (κ3) is 3.41. The standard InChI is InChI=1S/C22H22N6O3/c1-3-31-20(29)15-11-23-27(13-15)21-25-17-12-24-28(18(17)19(26-21)30-2)14-22(9-10-22)16-7-5-4-6-8-16/h4-8,11-13H,3,9-10,14H2,1-2H3. The summed E-state index contributed by atoms with van der Waals surface area (Å²) in [6, 6.07) is 10.5. The molecule has 1 aliphatic carbocycles. The summed E-state index contributed by atoms with van der Waals surface area (Å²) in [4.78, 5) is 21.0. The Balaban J connectivity index is 1.50. The zero-order valence-corrected chi connectivity index (χ0v) is 17.4. The molecule has 31 heavy (non-hydrogen) atoms. The van der Waals surface area contributed by atoms with Gasteiger partial charge in [-0.2, -0.15) is 15.2 Å². The summed E-state index contributed by atoms with van der Waals surface area (Å²) in [5.41, 5.74) is 3.13. The Morgan fingerprint density at radius 2 is 1.94 bits per heavy atom. The number of hydrogen-bond donors (Lipinski definition) is 0. The zero-order valence-electron chi connectivity index (χ0n) is 17.4. The van der Waals surface area contributed by atoms with Gasteiger partial charge in [-0.1, -0.05) is 30.3 Å². The van der Waals surface area contributed by atoms with Crippen molar-refractivity contribution < 1.29 is 14.3 Å². The highest BCUT2D eigenvalue weighted by atomic mass is 16.5. The lowest BCUT2D eigenvalue weighted by atomic mass is 9.96. The molecule has 0 atom stereocenters. The fraction of sp³-hybridized carbons (Fsp3) is 0.318. The molecule has 158 valence electrons. The van der Waals surface area contributed by atoms with Gasteiger partial charge in [-0.25, -0.2) is 14.5 Å². The Hall–Kier alpha value is -3.75. The molecule has 1 fully saturated rings. The van der Waals surface area contributed by atoms with Crippen LogP contribution >= 0.6 is 0 Å². The van der Waals surface area contributed by atoms with Crippen LogP contribution < -0.4 is 4.74 Å². The number of fused-ring (bicyclic) bond motifs is 1. The molecule has 0 spiro atoms. The molecule has 0 radical (unpaired) electrons. The lowest BCUT2D eigenvalue weighted by molar-refractivity contribution is 0.0526. The second kappa shape index (κ2) is 7.50. The summed E-state index contributed by atoms with van der Waals surface area (Å²) in [6.45, 7) is 2.78. The van der Waals surface area contributed by atoms with Crippen LogP contribution in [0.15, 0.2) is 48.9 Å². The minimum atomic E-state index is -0.440.